The van der Waals surface area contributed by atoms with Crippen LogP contribution in [0.5, 0.6) is 5.75 Å². The van der Waals surface area contributed by atoms with E-state index in [4.69, 9.17) is 9.15 Å². The number of para-hydroxylation sites is 1. The van der Waals surface area contributed by atoms with Crippen molar-refractivity contribution in [1.29, 1.82) is 0 Å². The highest BCUT2D eigenvalue weighted by molar-refractivity contribution is 7.92. The zero-order valence-corrected chi connectivity index (χ0v) is 20.2. The normalized spacial score (nSPS) is 15.5. The number of hydrogen-bond donors (Lipinski definition) is 1. The van der Waals surface area contributed by atoms with Crippen molar-refractivity contribution < 1.29 is 22.4 Å². The van der Waals surface area contributed by atoms with Crippen LogP contribution in [-0.2, 0) is 14.8 Å². The Morgan fingerprint density at radius 3 is 2.47 bits per heavy atom. The first-order chi connectivity index (χ1) is 17.4. The van der Waals surface area contributed by atoms with E-state index in [1.807, 2.05) is 43.3 Å². The number of sulfonamides is 1. The van der Waals surface area contributed by atoms with Crippen molar-refractivity contribution in [3.05, 3.63) is 96.6 Å². The quantitative estimate of drug-likeness (QED) is 0.354. The van der Waals surface area contributed by atoms with Gasteiger partial charge in [-0.25, -0.2) is 8.42 Å². The number of hydrogen-bond acceptors (Lipinski definition) is 5. The van der Waals surface area contributed by atoms with Gasteiger partial charge in [-0.05, 0) is 55.0 Å². The first-order valence-electron chi connectivity index (χ1n) is 11.5. The van der Waals surface area contributed by atoms with Crippen LogP contribution in [0.2, 0.25) is 0 Å². The summed E-state index contributed by atoms with van der Waals surface area (Å²) in [6, 6.07) is 26.6. The van der Waals surface area contributed by atoms with Crippen LogP contribution in [0.1, 0.15) is 5.56 Å². The molecule has 0 bridgehead atoms. The highest BCUT2D eigenvalue weighted by Gasteiger charge is 2.37. The van der Waals surface area contributed by atoms with Gasteiger partial charge in [-0.15, -0.1) is 0 Å². The molecule has 6 rings (SSSR count). The number of furan rings is 1. The molecule has 0 radical (unpaired) electrons. The van der Waals surface area contributed by atoms with Crippen LogP contribution in [0.4, 0.5) is 11.4 Å². The lowest BCUT2D eigenvalue weighted by Gasteiger charge is -2.35. The molecule has 1 aromatic heterocycles. The molecule has 1 amide bonds. The second kappa shape index (κ2) is 8.42. The van der Waals surface area contributed by atoms with Crippen LogP contribution in [0.3, 0.4) is 0 Å². The molecule has 0 spiro atoms. The first-order valence-corrected chi connectivity index (χ1v) is 12.9. The molecular formula is C28H22N2O5S. The summed E-state index contributed by atoms with van der Waals surface area (Å²) in [5, 5.41) is 4.80. The lowest BCUT2D eigenvalue weighted by atomic mass is 10.1. The fourth-order valence-electron chi connectivity index (χ4n) is 4.47. The average molecular weight is 499 g/mol. The number of benzene rings is 4. The van der Waals surface area contributed by atoms with Crippen LogP contribution >= 0.6 is 0 Å². The van der Waals surface area contributed by atoms with Gasteiger partial charge in [-0.1, -0.05) is 42.5 Å². The molecule has 36 heavy (non-hydrogen) atoms. The van der Waals surface area contributed by atoms with Crippen molar-refractivity contribution in [3.8, 4) is 5.75 Å². The number of aryl methyl sites for hydroxylation is 1. The average Bonchev–Trinajstić information content (AvgIpc) is 3.26. The largest absolute Gasteiger partial charge is 0.476 e. The van der Waals surface area contributed by atoms with Crippen LogP contribution < -0.4 is 14.4 Å². The number of rotatable bonds is 4. The van der Waals surface area contributed by atoms with E-state index < -0.39 is 22.0 Å². The molecule has 180 valence electrons. The third-order valence-corrected chi connectivity index (χ3v) is 8.05. The minimum absolute atomic E-state index is 0.146. The van der Waals surface area contributed by atoms with Gasteiger partial charge in [0.1, 0.15) is 16.9 Å². The topological polar surface area (TPSA) is 88.8 Å². The fourth-order valence-corrected chi connectivity index (χ4v) is 5.97. The molecule has 2 heterocycles. The molecule has 1 aliphatic heterocycles. The van der Waals surface area contributed by atoms with Crippen molar-refractivity contribution in [2.24, 2.45) is 0 Å². The molecule has 8 heteroatoms. The van der Waals surface area contributed by atoms with Crippen LogP contribution in [-0.4, -0.2) is 27.0 Å². The van der Waals surface area contributed by atoms with Gasteiger partial charge < -0.3 is 14.5 Å². The second-order valence-corrected chi connectivity index (χ2v) is 10.6. The SMILES string of the molecule is Cc1ccc2c(c1)OC(C(=O)Nc1ccc3c(c1)oc1ccccc13)CN2S(=O)(=O)c1ccccc1. The summed E-state index contributed by atoms with van der Waals surface area (Å²) in [6.07, 6.45) is -1.05. The maximum absolute atomic E-state index is 13.5. The van der Waals surface area contributed by atoms with Gasteiger partial charge >= 0.3 is 0 Å². The number of amides is 1. The van der Waals surface area contributed by atoms with Gasteiger partial charge in [-0.3, -0.25) is 9.10 Å². The summed E-state index contributed by atoms with van der Waals surface area (Å²) < 4.78 is 40.2. The van der Waals surface area contributed by atoms with Crippen molar-refractivity contribution in [2.45, 2.75) is 17.9 Å². The predicted molar refractivity (Wildman–Crippen MR) is 139 cm³/mol. The van der Waals surface area contributed by atoms with E-state index in [1.165, 1.54) is 16.4 Å². The highest BCUT2D eigenvalue weighted by atomic mass is 32.2. The van der Waals surface area contributed by atoms with Gasteiger partial charge in [0, 0.05) is 22.5 Å². The number of nitrogens with one attached hydrogen (secondary N) is 1. The summed E-state index contributed by atoms with van der Waals surface area (Å²) in [4.78, 5) is 13.4. The van der Waals surface area contributed by atoms with Crippen molar-refractivity contribution in [1.82, 2.24) is 0 Å². The van der Waals surface area contributed by atoms with Crippen molar-refractivity contribution in [2.75, 3.05) is 16.2 Å². The minimum Gasteiger partial charge on any atom is -0.476 e. The van der Waals surface area contributed by atoms with E-state index in [2.05, 4.69) is 5.32 Å². The third-order valence-electron chi connectivity index (χ3n) is 6.25. The van der Waals surface area contributed by atoms with E-state index in [0.717, 1.165) is 21.9 Å². The van der Waals surface area contributed by atoms with Crippen molar-refractivity contribution in [3.63, 3.8) is 0 Å². The maximum Gasteiger partial charge on any atom is 0.267 e. The Kier molecular flexibility index (Phi) is 5.19. The van der Waals surface area contributed by atoms with Crippen LogP contribution in [0.15, 0.2) is 100 Å². The van der Waals surface area contributed by atoms with E-state index in [-0.39, 0.29) is 11.4 Å². The Hall–Kier alpha value is -4.30. The summed E-state index contributed by atoms with van der Waals surface area (Å²) in [5.74, 6) is -0.112. The first kappa shape index (κ1) is 22.2. The number of fused-ring (bicyclic) bond motifs is 4. The number of anilines is 2. The monoisotopic (exact) mass is 498 g/mol. The molecule has 0 fully saturated rings. The van der Waals surface area contributed by atoms with E-state index in [1.54, 1.807) is 42.5 Å². The number of carbonyl (C=O) groups excluding carboxylic acids is 1. The molecule has 5 aromatic rings. The molecular weight excluding hydrogens is 476 g/mol. The van der Waals surface area contributed by atoms with Crippen LogP contribution in [0, 0.1) is 6.92 Å². The maximum atomic E-state index is 13.5. The molecule has 4 aromatic carbocycles. The molecule has 0 aliphatic carbocycles. The van der Waals surface area contributed by atoms with Crippen molar-refractivity contribution >= 4 is 49.2 Å². The Morgan fingerprint density at radius 2 is 1.64 bits per heavy atom. The van der Waals surface area contributed by atoms with E-state index >= 15 is 0 Å². The lowest BCUT2D eigenvalue weighted by molar-refractivity contribution is -0.122. The van der Waals surface area contributed by atoms with Gasteiger partial charge in [0.2, 0.25) is 0 Å². The van der Waals surface area contributed by atoms with E-state index in [0.29, 0.717) is 22.7 Å². The lowest BCUT2D eigenvalue weighted by Crippen LogP contribution is -2.48. The smallest absolute Gasteiger partial charge is 0.267 e. The summed E-state index contributed by atoms with van der Waals surface area (Å²) in [6.45, 7) is 1.72. The number of carbonyl (C=O) groups is 1. The highest BCUT2D eigenvalue weighted by Crippen LogP contribution is 2.38. The van der Waals surface area contributed by atoms with Gasteiger partial charge in [0.15, 0.2) is 6.10 Å². The fraction of sp³-hybridized carbons (Fsp3) is 0.107. The second-order valence-electron chi connectivity index (χ2n) is 8.73. The Balaban J connectivity index is 1.32. The Labute approximate surface area is 208 Å². The van der Waals surface area contributed by atoms with Gasteiger partial charge in [-0.2, -0.15) is 0 Å². The molecule has 0 saturated carbocycles. The molecule has 0 saturated heterocycles. The third kappa shape index (κ3) is 3.76. The Bertz CT molecular complexity index is 1730. The zero-order chi connectivity index (χ0) is 24.9. The van der Waals surface area contributed by atoms with Gasteiger partial charge in [0.05, 0.1) is 17.1 Å². The molecule has 1 atom stereocenters. The van der Waals surface area contributed by atoms with Gasteiger partial charge in [0.25, 0.3) is 15.9 Å². The molecule has 1 aliphatic rings. The number of ether oxygens (including phenoxy) is 1. The number of nitrogens with zero attached hydrogens (tertiary/aromatic N) is 1. The molecule has 1 unspecified atom stereocenters. The summed E-state index contributed by atoms with van der Waals surface area (Å²) in [7, 11) is -3.91. The predicted octanol–water partition coefficient (Wildman–Crippen LogP) is 5.49. The van der Waals surface area contributed by atoms with E-state index in [9.17, 15) is 13.2 Å². The molecule has 7 nitrogen and oxygen atoms in total. The Morgan fingerprint density at radius 1 is 0.889 bits per heavy atom. The minimum atomic E-state index is -3.91. The zero-order valence-electron chi connectivity index (χ0n) is 19.3. The molecule has 1 N–H and O–H groups in total. The van der Waals surface area contributed by atoms with Crippen LogP contribution in [0.25, 0.3) is 21.9 Å². The summed E-state index contributed by atoms with van der Waals surface area (Å²) >= 11 is 0. The summed E-state index contributed by atoms with van der Waals surface area (Å²) in [5.41, 5.74) is 3.23. The standard InChI is InChI=1S/C28H22N2O5S/c1-18-11-14-23-26(15-18)35-27(17-30(23)36(32,33)20-7-3-2-4-8-20)28(31)29-19-12-13-22-21-9-5-6-10-24(21)34-25(22)16-19/h2-16,27H,17H2,1H3,(H,29,31).